The molecule has 1 aromatic carbocycles. The van der Waals surface area contributed by atoms with E-state index in [0.29, 0.717) is 44.2 Å². The van der Waals surface area contributed by atoms with Crippen molar-refractivity contribution in [2.24, 2.45) is 0 Å². The van der Waals surface area contributed by atoms with Gasteiger partial charge in [0.05, 0.1) is 12.9 Å². The summed E-state index contributed by atoms with van der Waals surface area (Å²) < 4.78 is 36.0. The van der Waals surface area contributed by atoms with Gasteiger partial charge in [-0.25, -0.2) is 13.1 Å². The van der Waals surface area contributed by atoms with Gasteiger partial charge in [0.1, 0.15) is 0 Å². The number of hydrogen-bond donors (Lipinski definition) is 2. The van der Waals surface area contributed by atoms with Crippen molar-refractivity contribution in [3.05, 3.63) is 23.8 Å². The van der Waals surface area contributed by atoms with E-state index in [2.05, 4.69) is 10.0 Å². The first-order valence-electron chi connectivity index (χ1n) is 10.4. The zero-order chi connectivity index (χ0) is 22.7. The van der Waals surface area contributed by atoms with Crippen LogP contribution < -0.4 is 19.5 Å². The van der Waals surface area contributed by atoms with Crippen molar-refractivity contribution in [1.29, 1.82) is 0 Å². The maximum Gasteiger partial charge on any atom is 0.260 e. The molecule has 172 valence electrons. The molecule has 1 rings (SSSR count). The summed E-state index contributed by atoms with van der Waals surface area (Å²) in [6.07, 6.45) is 1.84. The average molecular weight is 444 g/mol. The Bertz CT molecular complexity index is 758. The molecule has 0 atom stereocenters. The van der Waals surface area contributed by atoms with Crippen molar-refractivity contribution in [1.82, 2.24) is 14.9 Å². The molecule has 2 N–H and O–H groups in total. The summed E-state index contributed by atoms with van der Waals surface area (Å²) in [5.74, 6) is 1.08. The van der Waals surface area contributed by atoms with E-state index in [1.54, 1.807) is 4.90 Å². The quantitative estimate of drug-likeness (QED) is 0.428. The lowest BCUT2D eigenvalue weighted by molar-refractivity contribution is -0.137. The van der Waals surface area contributed by atoms with E-state index in [-0.39, 0.29) is 24.6 Å². The van der Waals surface area contributed by atoms with Gasteiger partial charge in [-0.3, -0.25) is 4.79 Å². The summed E-state index contributed by atoms with van der Waals surface area (Å²) >= 11 is 0. The van der Waals surface area contributed by atoms with E-state index in [4.69, 9.17) is 9.47 Å². The van der Waals surface area contributed by atoms with Crippen LogP contribution in [-0.2, 0) is 21.4 Å². The number of nitrogens with zero attached hydrogens (tertiary/aromatic N) is 1. The fourth-order valence-corrected chi connectivity index (χ4v) is 3.66. The number of ether oxygens (including phenoxy) is 2. The molecule has 0 aromatic heterocycles. The Morgan fingerprint density at radius 2 is 1.73 bits per heavy atom. The molecule has 0 radical (unpaired) electrons. The molecule has 0 saturated heterocycles. The number of nitrogens with one attached hydrogen (secondary N) is 2. The molecule has 0 aliphatic carbocycles. The third-order valence-electron chi connectivity index (χ3n) is 4.28. The Kier molecular flexibility index (Phi) is 11.1. The molecule has 8 nitrogen and oxygen atoms in total. The van der Waals surface area contributed by atoms with E-state index < -0.39 is 10.0 Å². The number of hydrogen-bond acceptors (Lipinski definition) is 6. The highest BCUT2D eigenvalue weighted by atomic mass is 32.2. The highest BCUT2D eigenvalue weighted by Gasteiger charge is 2.21. The summed E-state index contributed by atoms with van der Waals surface area (Å²) in [6, 6.07) is 5.85. The first kappa shape index (κ1) is 26.2. The van der Waals surface area contributed by atoms with Crippen LogP contribution in [0.25, 0.3) is 0 Å². The number of carbonyl (C=O) groups excluding carboxylic acids is 1. The van der Waals surface area contributed by atoms with Crippen molar-refractivity contribution < 1.29 is 22.7 Å². The average Bonchev–Trinajstić information content (AvgIpc) is 2.62. The molecule has 9 heteroatoms. The van der Waals surface area contributed by atoms with Gasteiger partial charge in [-0.05, 0) is 65.3 Å². The van der Waals surface area contributed by atoms with Gasteiger partial charge in [-0.2, -0.15) is 0 Å². The van der Waals surface area contributed by atoms with Gasteiger partial charge < -0.3 is 19.7 Å². The smallest absolute Gasteiger partial charge is 0.260 e. The number of carbonyl (C=O) groups is 1. The highest BCUT2D eigenvalue weighted by Crippen LogP contribution is 2.28. The topological polar surface area (TPSA) is 97.0 Å². The molecule has 0 aliphatic rings. The molecule has 0 spiro atoms. The van der Waals surface area contributed by atoms with Crippen LogP contribution in [0.4, 0.5) is 0 Å². The Morgan fingerprint density at radius 1 is 1.07 bits per heavy atom. The Balaban J connectivity index is 2.62. The summed E-state index contributed by atoms with van der Waals surface area (Å²) in [7, 11) is -3.14. The minimum absolute atomic E-state index is 0.0403. The second-order valence-corrected chi connectivity index (χ2v) is 9.52. The number of benzene rings is 1. The second kappa shape index (κ2) is 12.8. The van der Waals surface area contributed by atoms with Crippen LogP contribution in [0.3, 0.4) is 0 Å². The monoisotopic (exact) mass is 443 g/mol. The van der Waals surface area contributed by atoms with Crippen LogP contribution in [0.2, 0.25) is 0 Å². The Morgan fingerprint density at radius 3 is 2.30 bits per heavy atom. The minimum atomic E-state index is -3.14. The highest BCUT2D eigenvalue weighted by molar-refractivity contribution is 7.88. The zero-order valence-corrected chi connectivity index (χ0v) is 19.8. The van der Waals surface area contributed by atoms with Crippen LogP contribution in [0.5, 0.6) is 11.5 Å². The van der Waals surface area contributed by atoms with E-state index in [1.165, 1.54) is 0 Å². The predicted molar refractivity (Wildman–Crippen MR) is 119 cm³/mol. The summed E-state index contributed by atoms with van der Waals surface area (Å²) in [6.45, 7) is 12.0. The van der Waals surface area contributed by atoms with Crippen LogP contribution in [0, 0.1) is 0 Å². The van der Waals surface area contributed by atoms with Crippen LogP contribution >= 0.6 is 0 Å². The van der Waals surface area contributed by atoms with Gasteiger partial charge in [0, 0.05) is 25.2 Å². The van der Waals surface area contributed by atoms with Gasteiger partial charge in [0.2, 0.25) is 10.0 Å². The lowest BCUT2D eigenvalue weighted by Gasteiger charge is -2.30. The number of sulfonamides is 1. The standard InChI is InChI=1S/C21H37N3O5S/c1-7-28-20-13-18(14-22-11-8-12-23-30(6,26)27)9-10-19(20)29-15-21(25)24(16(2)3)17(4)5/h9-10,13,16-17,22-23H,7-8,11-12,14-15H2,1-6H3. The van der Waals surface area contributed by atoms with Gasteiger partial charge in [-0.15, -0.1) is 0 Å². The van der Waals surface area contributed by atoms with Gasteiger partial charge in [0.25, 0.3) is 5.91 Å². The predicted octanol–water partition coefficient (Wildman–Crippen LogP) is 2.14. The first-order chi connectivity index (χ1) is 14.0. The largest absolute Gasteiger partial charge is 0.490 e. The molecule has 0 unspecified atom stereocenters. The third-order valence-corrected chi connectivity index (χ3v) is 5.01. The van der Waals surface area contributed by atoms with Crippen LogP contribution in [0.1, 0.15) is 46.6 Å². The maximum absolute atomic E-state index is 12.5. The van der Waals surface area contributed by atoms with E-state index in [0.717, 1.165) is 11.8 Å². The third kappa shape index (κ3) is 9.77. The van der Waals surface area contributed by atoms with Gasteiger partial charge >= 0.3 is 0 Å². The fourth-order valence-electron chi connectivity index (χ4n) is 3.14. The molecule has 0 aliphatic heterocycles. The van der Waals surface area contributed by atoms with Crippen molar-refractivity contribution >= 4 is 15.9 Å². The van der Waals surface area contributed by atoms with Crippen LogP contribution in [-0.4, -0.2) is 63.9 Å². The van der Waals surface area contributed by atoms with E-state index >= 15 is 0 Å². The number of amides is 1. The van der Waals surface area contributed by atoms with Gasteiger partial charge in [-0.1, -0.05) is 6.07 Å². The Labute approximate surface area is 181 Å². The summed E-state index contributed by atoms with van der Waals surface area (Å²) in [5.41, 5.74) is 1.01. The zero-order valence-electron chi connectivity index (χ0n) is 19.0. The normalized spacial score (nSPS) is 11.7. The van der Waals surface area contributed by atoms with Gasteiger partial charge in [0.15, 0.2) is 18.1 Å². The van der Waals surface area contributed by atoms with Crippen LogP contribution in [0.15, 0.2) is 18.2 Å². The molecule has 0 fully saturated rings. The molecule has 0 bridgehead atoms. The molecular weight excluding hydrogens is 406 g/mol. The fraction of sp³-hybridized carbons (Fsp3) is 0.667. The molecule has 30 heavy (non-hydrogen) atoms. The van der Waals surface area contributed by atoms with Crippen molar-refractivity contribution in [2.75, 3.05) is 32.6 Å². The molecule has 1 amide bonds. The lowest BCUT2D eigenvalue weighted by Crippen LogP contribution is -2.44. The summed E-state index contributed by atoms with van der Waals surface area (Å²) in [4.78, 5) is 14.3. The lowest BCUT2D eigenvalue weighted by atomic mass is 10.2. The van der Waals surface area contributed by atoms with E-state index in [9.17, 15) is 13.2 Å². The molecule has 0 heterocycles. The molecule has 0 saturated carbocycles. The SMILES string of the molecule is CCOc1cc(CNCCCNS(C)(=O)=O)ccc1OCC(=O)N(C(C)C)C(C)C. The van der Waals surface area contributed by atoms with E-state index in [1.807, 2.05) is 52.8 Å². The van der Waals surface area contributed by atoms with Crippen molar-refractivity contribution in [3.63, 3.8) is 0 Å². The minimum Gasteiger partial charge on any atom is -0.490 e. The molecule has 1 aromatic rings. The number of rotatable bonds is 14. The summed E-state index contributed by atoms with van der Waals surface area (Å²) in [5, 5.41) is 3.27. The second-order valence-electron chi connectivity index (χ2n) is 7.69. The van der Waals surface area contributed by atoms with Crippen molar-refractivity contribution in [2.45, 2.75) is 59.7 Å². The first-order valence-corrected chi connectivity index (χ1v) is 12.3. The Hall–Kier alpha value is -1.84. The molecular formula is C21H37N3O5S. The van der Waals surface area contributed by atoms with Crippen molar-refractivity contribution in [3.8, 4) is 11.5 Å². The maximum atomic E-state index is 12.5.